The first-order chi connectivity index (χ1) is 14.1. The topological polar surface area (TPSA) is 92.7 Å². The van der Waals surface area contributed by atoms with Crippen molar-refractivity contribution in [3.05, 3.63) is 78.1 Å². The molecule has 4 aromatic rings. The highest BCUT2D eigenvalue weighted by Gasteiger charge is 2.25. The molecule has 0 saturated heterocycles. The van der Waals surface area contributed by atoms with Crippen molar-refractivity contribution in [2.24, 2.45) is 0 Å². The van der Waals surface area contributed by atoms with Gasteiger partial charge in [0.1, 0.15) is 5.76 Å². The Balaban J connectivity index is 1.74. The van der Waals surface area contributed by atoms with Gasteiger partial charge in [0.15, 0.2) is 11.5 Å². The highest BCUT2D eigenvalue weighted by Crippen LogP contribution is 2.21. The molecule has 2 amide bonds. The van der Waals surface area contributed by atoms with Gasteiger partial charge in [0.2, 0.25) is 5.82 Å². The largest absolute Gasteiger partial charge is 0.360 e. The fourth-order valence-corrected chi connectivity index (χ4v) is 3.13. The molecule has 0 bridgehead atoms. The van der Waals surface area contributed by atoms with Crippen molar-refractivity contribution < 1.29 is 14.1 Å². The van der Waals surface area contributed by atoms with E-state index in [1.807, 2.05) is 37.3 Å². The number of nitrogens with one attached hydrogen (secondary N) is 1. The molecule has 0 fully saturated rings. The van der Waals surface area contributed by atoms with Gasteiger partial charge in [-0.1, -0.05) is 29.4 Å². The fraction of sp³-hybridized carbons (Fsp3) is 0.143. The van der Waals surface area contributed by atoms with E-state index in [4.69, 9.17) is 4.52 Å². The van der Waals surface area contributed by atoms with E-state index in [-0.39, 0.29) is 23.2 Å². The van der Waals surface area contributed by atoms with Gasteiger partial charge in [0.25, 0.3) is 11.8 Å². The predicted molar refractivity (Wildman–Crippen MR) is 108 cm³/mol. The van der Waals surface area contributed by atoms with Crippen LogP contribution in [-0.4, -0.2) is 32.9 Å². The van der Waals surface area contributed by atoms with E-state index in [0.717, 1.165) is 5.69 Å². The van der Waals surface area contributed by atoms with Gasteiger partial charge in [-0.3, -0.25) is 14.0 Å². The zero-order chi connectivity index (χ0) is 20.4. The number of hydrogen-bond acceptors (Lipinski definition) is 5. The van der Waals surface area contributed by atoms with Gasteiger partial charge >= 0.3 is 0 Å². The van der Waals surface area contributed by atoms with Crippen molar-refractivity contribution in [3.8, 4) is 0 Å². The number of pyridine rings is 1. The van der Waals surface area contributed by atoms with Gasteiger partial charge < -0.3 is 14.7 Å². The van der Waals surface area contributed by atoms with Gasteiger partial charge in [-0.15, -0.1) is 0 Å². The number of aromatic nitrogens is 3. The van der Waals surface area contributed by atoms with Gasteiger partial charge in [0, 0.05) is 24.5 Å². The van der Waals surface area contributed by atoms with E-state index in [0.29, 0.717) is 17.8 Å². The Bertz CT molecular complexity index is 1180. The summed E-state index contributed by atoms with van der Waals surface area (Å²) in [6.45, 7) is 4.09. The van der Waals surface area contributed by atoms with Crippen molar-refractivity contribution in [2.75, 3.05) is 16.8 Å². The summed E-state index contributed by atoms with van der Waals surface area (Å²) < 4.78 is 6.57. The maximum Gasteiger partial charge on any atom is 0.293 e. The van der Waals surface area contributed by atoms with Crippen LogP contribution in [-0.2, 0) is 0 Å². The molecule has 29 heavy (non-hydrogen) atoms. The molecule has 0 unspecified atom stereocenters. The van der Waals surface area contributed by atoms with Gasteiger partial charge in [-0.05, 0) is 38.1 Å². The van der Waals surface area contributed by atoms with E-state index >= 15 is 0 Å². The molecule has 0 spiro atoms. The molecule has 146 valence electrons. The first-order valence-corrected chi connectivity index (χ1v) is 9.17. The summed E-state index contributed by atoms with van der Waals surface area (Å²) in [4.78, 5) is 32.1. The molecule has 0 atom stereocenters. The normalized spacial score (nSPS) is 10.8. The van der Waals surface area contributed by atoms with E-state index in [1.165, 1.54) is 0 Å². The predicted octanol–water partition coefficient (Wildman–Crippen LogP) is 3.55. The van der Waals surface area contributed by atoms with Crippen LogP contribution in [0.2, 0.25) is 0 Å². The molecule has 3 aromatic heterocycles. The summed E-state index contributed by atoms with van der Waals surface area (Å²) in [6, 6.07) is 16.3. The van der Waals surface area contributed by atoms with E-state index < -0.39 is 5.91 Å². The quantitative estimate of drug-likeness (QED) is 0.563. The van der Waals surface area contributed by atoms with Crippen molar-refractivity contribution in [2.45, 2.75) is 13.8 Å². The first kappa shape index (κ1) is 18.4. The van der Waals surface area contributed by atoms with Crippen LogP contribution >= 0.6 is 0 Å². The van der Waals surface area contributed by atoms with Crippen molar-refractivity contribution in [1.82, 2.24) is 14.5 Å². The lowest BCUT2D eigenvalue weighted by Crippen LogP contribution is -2.31. The van der Waals surface area contributed by atoms with Crippen LogP contribution in [0, 0.1) is 6.92 Å². The smallest absolute Gasteiger partial charge is 0.293 e. The lowest BCUT2D eigenvalue weighted by atomic mass is 10.2. The second-order valence-electron chi connectivity index (χ2n) is 6.40. The van der Waals surface area contributed by atoms with E-state index in [1.54, 1.807) is 46.7 Å². The number of amides is 2. The van der Waals surface area contributed by atoms with E-state index in [9.17, 15) is 9.59 Å². The highest BCUT2D eigenvalue weighted by atomic mass is 16.5. The molecule has 1 aromatic carbocycles. The van der Waals surface area contributed by atoms with Crippen LogP contribution in [0.25, 0.3) is 5.52 Å². The van der Waals surface area contributed by atoms with Crippen LogP contribution in [0.15, 0.2) is 65.3 Å². The first-order valence-electron chi connectivity index (χ1n) is 9.17. The number of benzene rings is 1. The second kappa shape index (κ2) is 7.59. The molecule has 0 aliphatic heterocycles. The Kier molecular flexibility index (Phi) is 4.82. The number of imidazole rings is 1. The summed E-state index contributed by atoms with van der Waals surface area (Å²) in [7, 11) is 0. The van der Waals surface area contributed by atoms with E-state index in [2.05, 4.69) is 15.5 Å². The third-order valence-corrected chi connectivity index (χ3v) is 4.45. The molecule has 3 heterocycles. The zero-order valence-electron chi connectivity index (χ0n) is 16.0. The van der Waals surface area contributed by atoms with Gasteiger partial charge in [-0.25, -0.2) is 4.98 Å². The molecular formula is C21H19N5O3. The van der Waals surface area contributed by atoms with Gasteiger partial charge in [-0.2, -0.15) is 0 Å². The SMILES string of the molecule is CCN(C(=O)c1nc(C(=O)Nc2cc(C)on2)n2ccccc12)c1ccccc1. The zero-order valence-corrected chi connectivity index (χ0v) is 16.0. The molecule has 0 saturated carbocycles. The highest BCUT2D eigenvalue weighted by molar-refractivity contribution is 6.11. The number of carbonyl (C=O) groups excluding carboxylic acids is 2. The number of hydrogen-bond donors (Lipinski definition) is 1. The third-order valence-electron chi connectivity index (χ3n) is 4.45. The summed E-state index contributed by atoms with van der Waals surface area (Å²) >= 11 is 0. The number of nitrogens with zero attached hydrogens (tertiary/aromatic N) is 4. The molecule has 1 N–H and O–H groups in total. The third kappa shape index (κ3) is 3.47. The lowest BCUT2D eigenvalue weighted by Gasteiger charge is -2.20. The number of carbonyl (C=O) groups is 2. The molecule has 0 radical (unpaired) electrons. The summed E-state index contributed by atoms with van der Waals surface area (Å²) in [6.07, 6.45) is 1.70. The Hall–Kier alpha value is -3.94. The van der Waals surface area contributed by atoms with Crippen molar-refractivity contribution >= 4 is 28.8 Å². The van der Waals surface area contributed by atoms with Crippen molar-refractivity contribution in [3.63, 3.8) is 0 Å². The van der Waals surface area contributed by atoms with Crippen LogP contribution < -0.4 is 10.2 Å². The van der Waals surface area contributed by atoms with Crippen LogP contribution in [0.3, 0.4) is 0 Å². The maximum atomic E-state index is 13.3. The van der Waals surface area contributed by atoms with Gasteiger partial charge in [0.05, 0.1) is 5.52 Å². The number of fused-ring (bicyclic) bond motifs is 1. The fourth-order valence-electron chi connectivity index (χ4n) is 3.13. The Morgan fingerprint density at radius 1 is 1.14 bits per heavy atom. The number of para-hydroxylation sites is 1. The average Bonchev–Trinajstić information content (AvgIpc) is 3.32. The van der Waals surface area contributed by atoms with Crippen LogP contribution in [0.4, 0.5) is 11.5 Å². The molecular weight excluding hydrogens is 370 g/mol. The number of rotatable bonds is 5. The minimum Gasteiger partial charge on any atom is -0.360 e. The number of anilines is 2. The standard InChI is InChI=1S/C21H19N5O3/c1-3-25(15-9-5-4-6-10-15)21(28)18-16-11-7-8-12-26(16)19(23-18)20(27)22-17-13-14(2)29-24-17/h4-13H,3H2,1-2H3,(H,22,24,27). The molecule has 0 aliphatic carbocycles. The van der Waals surface area contributed by atoms with Crippen molar-refractivity contribution in [1.29, 1.82) is 0 Å². The molecule has 4 rings (SSSR count). The van der Waals surface area contributed by atoms with Crippen LogP contribution in [0.5, 0.6) is 0 Å². The average molecular weight is 389 g/mol. The molecule has 8 heteroatoms. The summed E-state index contributed by atoms with van der Waals surface area (Å²) in [5, 5.41) is 6.41. The summed E-state index contributed by atoms with van der Waals surface area (Å²) in [5.41, 5.74) is 1.52. The molecule has 8 nitrogen and oxygen atoms in total. The minimum atomic E-state index is -0.485. The minimum absolute atomic E-state index is 0.0914. The summed E-state index contributed by atoms with van der Waals surface area (Å²) in [5.74, 6) is 0.187. The Morgan fingerprint density at radius 2 is 1.90 bits per heavy atom. The molecule has 0 aliphatic rings. The second-order valence-corrected chi connectivity index (χ2v) is 6.40. The number of aryl methyl sites for hydroxylation is 1. The maximum absolute atomic E-state index is 13.3. The lowest BCUT2D eigenvalue weighted by molar-refractivity contribution is 0.0985. The Labute approximate surface area is 166 Å². The Morgan fingerprint density at radius 3 is 2.59 bits per heavy atom. The monoisotopic (exact) mass is 389 g/mol. The van der Waals surface area contributed by atoms with Crippen LogP contribution in [0.1, 0.15) is 33.8 Å².